The Morgan fingerprint density at radius 1 is 0.826 bits per heavy atom. The molecular weight excluding hydrogens is 280 g/mol. The average molecular weight is 304 g/mol. The Hall–Kier alpha value is -2.06. The number of rotatable bonds is 3. The van der Waals surface area contributed by atoms with Crippen molar-refractivity contribution in [2.24, 2.45) is 11.7 Å². The fourth-order valence-corrected chi connectivity index (χ4v) is 3.77. The molecule has 0 spiro atoms. The highest BCUT2D eigenvalue weighted by Gasteiger charge is 2.18. The third-order valence-electron chi connectivity index (χ3n) is 5.22. The molecule has 0 amide bonds. The van der Waals surface area contributed by atoms with Crippen LogP contribution in [0.3, 0.4) is 0 Å². The van der Waals surface area contributed by atoms with E-state index in [2.05, 4.69) is 59.9 Å². The van der Waals surface area contributed by atoms with Crippen molar-refractivity contribution in [3.8, 4) is 0 Å². The highest BCUT2D eigenvalue weighted by Crippen LogP contribution is 2.30. The summed E-state index contributed by atoms with van der Waals surface area (Å²) in [5, 5.41) is 8.93. The first kappa shape index (κ1) is 14.5. The van der Waals surface area contributed by atoms with Crippen LogP contribution in [0.25, 0.3) is 21.5 Å². The molecule has 3 N–H and O–H groups in total. The van der Waals surface area contributed by atoms with E-state index in [1.54, 1.807) is 0 Å². The first-order chi connectivity index (χ1) is 11.3. The number of nitrogens with two attached hydrogens (primary N) is 1. The van der Waals surface area contributed by atoms with E-state index in [4.69, 9.17) is 5.73 Å². The van der Waals surface area contributed by atoms with Gasteiger partial charge in [-0.2, -0.15) is 0 Å². The lowest BCUT2D eigenvalue weighted by Crippen LogP contribution is -2.29. The minimum Gasteiger partial charge on any atom is -0.384 e. The van der Waals surface area contributed by atoms with E-state index in [1.807, 2.05) is 0 Å². The number of hydrogen-bond acceptors (Lipinski definition) is 2. The zero-order valence-electron chi connectivity index (χ0n) is 13.5. The number of benzene rings is 3. The lowest BCUT2D eigenvalue weighted by Gasteiger charge is -2.26. The average Bonchev–Trinajstić information content (AvgIpc) is 2.59. The highest BCUT2D eigenvalue weighted by molar-refractivity contribution is 6.03. The summed E-state index contributed by atoms with van der Waals surface area (Å²) in [6.07, 6.45) is 4.85. The van der Waals surface area contributed by atoms with Crippen molar-refractivity contribution in [2.45, 2.75) is 31.7 Å². The van der Waals surface area contributed by atoms with Gasteiger partial charge < -0.3 is 11.1 Å². The normalized spacial score (nSPS) is 21.6. The molecule has 0 aliphatic heterocycles. The van der Waals surface area contributed by atoms with Gasteiger partial charge >= 0.3 is 0 Å². The SMILES string of the molecule is NC1CCC(CNc2cccc3cc4ccccc4cc23)CC1. The standard InChI is InChI=1S/C21H24N2/c22-19-10-8-15(9-11-19)14-23-21-7-3-6-18-12-16-4-1-2-5-17(16)13-20(18)21/h1-7,12-13,15,19,23H,8-11,14,22H2. The second-order valence-corrected chi connectivity index (χ2v) is 6.89. The summed E-state index contributed by atoms with van der Waals surface area (Å²) in [5.74, 6) is 0.755. The third-order valence-corrected chi connectivity index (χ3v) is 5.22. The van der Waals surface area contributed by atoms with E-state index >= 15 is 0 Å². The topological polar surface area (TPSA) is 38.0 Å². The van der Waals surface area contributed by atoms with E-state index in [0.29, 0.717) is 6.04 Å². The Balaban J connectivity index is 1.60. The lowest BCUT2D eigenvalue weighted by molar-refractivity contribution is 0.339. The quantitative estimate of drug-likeness (QED) is 0.674. The van der Waals surface area contributed by atoms with Gasteiger partial charge in [-0.05, 0) is 66.0 Å². The van der Waals surface area contributed by atoms with Crippen molar-refractivity contribution in [1.82, 2.24) is 0 Å². The van der Waals surface area contributed by atoms with E-state index in [-0.39, 0.29) is 0 Å². The smallest absolute Gasteiger partial charge is 0.0420 e. The van der Waals surface area contributed by atoms with Crippen LogP contribution in [0, 0.1) is 5.92 Å². The largest absolute Gasteiger partial charge is 0.384 e. The van der Waals surface area contributed by atoms with Crippen LogP contribution in [0.15, 0.2) is 54.6 Å². The molecule has 0 unspecified atom stereocenters. The summed E-state index contributed by atoms with van der Waals surface area (Å²) in [5.41, 5.74) is 7.26. The molecule has 2 nitrogen and oxygen atoms in total. The highest BCUT2D eigenvalue weighted by atomic mass is 14.9. The maximum absolute atomic E-state index is 6.01. The number of fused-ring (bicyclic) bond motifs is 2. The molecule has 1 fully saturated rings. The molecule has 0 saturated heterocycles. The van der Waals surface area contributed by atoms with Gasteiger partial charge in [-0.15, -0.1) is 0 Å². The molecule has 0 aromatic heterocycles. The van der Waals surface area contributed by atoms with E-state index < -0.39 is 0 Å². The molecule has 1 aliphatic carbocycles. The third kappa shape index (κ3) is 3.04. The summed E-state index contributed by atoms with van der Waals surface area (Å²) in [4.78, 5) is 0. The lowest BCUT2D eigenvalue weighted by atomic mass is 9.86. The molecule has 0 bridgehead atoms. The maximum Gasteiger partial charge on any atom is 0.0420 e. The van der Waals surface area contributed by atoms with Crippen LogP contribution in [0.1, 0.15) is 25.7 Å². The Bertz CT molecular complexity index is 816. The fourth-order valence-electron chi connectivity index (χ4n) is 3.77. The Morgan fingerprint density at radius 3 is 2.30 bits per heavy atom. The van der Waals surface area contributed by atoms with E-state index in [9.17, 15) is 0 Å². The Morgan fingerprint density at radius 2 is 1.52 bits per heavy atom. The van der Waals surface area contributed by atoms with Gasteiger partial charge in [0.2, 0.25) is 0 Å². The first-order valence-corrected chi connectivity index (χ1v) is 8.70. The van der Waals surface area contributed by atoms with Crippen LogP contribution in [-0.2, 0) is 0 Å². The van der Waals surface area contributed by atoms with Gasteiger partial charge in [-0.25, -0.2) is 0 Å². The molecule has 2 heteroatoms. The van der Waals surface area contributed by atoms with Crippen LogP contribution in [0.2, 0.25) is 0 Å². The summed E-state index contributed by atoms with van der Waals surface area (Å²) in [7, 11) is 0. The van der Waals surface area contributed by atoms with Crippen molar-refractivity contribution in [1.29, 1.82) is 0 Å². The molecule has 4 rings (SSSR count). The van der Waals surface area contributed by atoms with Crippen LogP contribution in [-0.4, -0.2) is 12.6 Å². The second kappa shape index (κ2) is 6.21. The Kier molecular flexibility index (Phi) is 3.92. The van der Waals surface area contributed by atoms with Crippen LogP contribution >= 0.6 is 0 Å². The van der Waals surface area contributed by atoms with Crippen molar-refractivity contribution in [3.05, 3.63) is 54.6 Å². The molecular formula is C21H24N2. The van der Waals surface area contributed by atoms with E-state index in [1.165, 1.54) is 52.9 Å². The van der Waals surface area contributed by atoms with Crippen molar-refractivity contribution < 1.29 is 0 Å². The summed E-state index contributed by atoms with van der Waals surface area (Å²) < 4.78 is 0. The van der Waals surface area contributed by atoms with Crippen LogP contribution < -0.4 is 11.1 Å². The zero-order chi connectivity index (χ0) is 15.6. The zero-order valence-corrected chi connectivity index (χ0v) is 13.5. The maximum atomic E-state index is 6.01. The molecule has 0 atom stereocenters. The number of anilines is 1. The van der Waals surface area contributed by atoms with Gasteiger partial charge in [0.1, 0.15) is 0 Å². The van der Waals surface area contributed by atoms with Crippen molar-refractivity contribution in [2.75, 3.05) is 11.9 Å². The number of nitrogens with one attached hydrogen (secondary N) is 1. The number of hydrogen-bond donors (Lipinski definition) is 2. The summed E-state index contributed by atoms with van der Waals surface area (Å²) in [6, 6.07) is 20.1. The first-order valence-electron chi connectivity index (χ1n) is 8.70. The van der Waals surface area contributed by atoms with Gasteiger partial charge in [-0.3, -0.25) is 0 Å². The summed E-state index contributed by atoms with van der Waals surface area (Å²) in [6.45, 7) is 1.05. The molecule has 0 heterocycles. The molecule has 1 saturated carbocycles. The Labute approximate surface area is 137 Å². The van der Waals surface area contributed by atoms with Gasteiger partial charge in [-0.1, -0.05) is 36.4 Å². The fraction of sp³-hybridized carbons (Fsp3) is 0.333. The molecule has 23 heavy (non-hydrogen) atoms. The van der Waals surface area contributed by atoms with Crippen molar-refractivity contribution >= 4 is 27.2 Å². The van der Waals surface area contributed by atoms with Crippen molar-refractivity contribution in [3.63, 3.8) is 0 Å². The van der Waals surface area contributed by atoms with E-state index in [0.717, 1.165) is 12.5 Å². The second-order valence-electron chi connectivity index (χ2n) is 6.89. The predicted octanol–water partition coefficient (Wildman–Crippen LogP) is 4.92. The molecule has 0 radical (unpaired) electrons. The van der Waals surface area contributed by atoms with Gasteiger partial charge in [0.05, 0.1) is 0 Å². The molecule has 118 valence electrons. The summed E-state index contributed by atoms with van der Waals surface area (Å²) >= 11 is 0. The predicted molar refractivity (Wildman–Crippen MR) is 99.9 cm³/mol. The molecule has 3 aromatic rings. The molecule has 1 aliphatic rings. The minimum absolute atomic E-state index is 0.426. The van der Waals surface area contributed by atoms with Gasteiger partial charge in [0.15, 0.2) is 0 Å². The monoisotopic (exact) mass is 304 g/mol. The van der Waals surface area contributed by atoms with Crippen LogP contribution in [0.5, 0.6) is 0 Å². The minimum atomic E-state index is 0.426. The van der Waals surface area contributed by atoms with Crippen LogP contribution in [0.4, 0.5) is 5.69 Å². The van der Waals surface area contributed by atoms with Gasteiger partial charge in [0.25, 0.3) is 0 Å². The molecule has 3 aromatic carbocycles. The van der Waals surface area contributed by atoms with Gasteiger partial charge in [0, 0.05) is 23.7 Å².